The Morgan fingerprint density at radius 2 is 1.88 bits per heavy atom. The van der Waals surface area contributed by atoms with Gasteiger partial charge in [0, 0.05) is 48.4 Å². The number of pyridine rings is 3. The van der Waals surface area contributed by atoms with Crippen LogP contribution in [0.4, 0.5) is 5.82 Å². The number of rotatable bonds is 9. The molecule has 0 radical (unpaired) electrons. The van der Waals surface area contributed by atoms with E-state index in [1.807, 2.05) is 60.7 Å². The van der Waals surface area contributed by atoms with E-state index >= 15 is 0 Å². The highest BCUT2D eigenvalue weighted by molar-refractivity contribution is 5.87. The number of hydrogen-bond donors (Lipinski definition) is 2. The van der Waals surface area contributed by atoms with Crippen molar-refractivity contribution in [2.24, 2.45) is 5.73 Å². The van der Waals surface area contributed by atoms with E-state index in [9.17, 15) is 4.79 Å². The highest BCUT2D eigenvalue weighted by Crippen LogP contribution is 2.34. The average Bonchev–Trinajstić information content (AvgIpc) is 2.86. The fraction of sp³-hybridized carbons (Fsp3) is 0.154. The molecule has 3 aromatic heterocycles. The first-order valence-electron chi connectivity index (χ1n) is 10.6. The van der Waals surface area contributed by atoms with Crippen molar-refractivity contribution in [1.29, 1.82) is 0 Å². The summed E-state index contributed by atoms with van der Waals surface area (Å²) in [5.74, 6) is 0.149. The molecule has 4 aromatic rings. The number of carbonyl (C=O) groups excluding carboxylic acids is 1. The molecule has 0 aliphatic heterocycles. The van der Waals surface area contributed by atoms with Crippen LogP contribution in [0.15, 0.2) is 85.3 Å². The lowest BCUT2D eigenvalue weighted by molar-refractivity contribution is -0.118. The number of nitrogens with one attached hydrogen (secondary N) is 1. The van der Waals surface area contributed by atoms with Crippen LogP contribution >= 0.6 is 0 Å². The van der Waals surface area contributed by atoms with E-state index in [1.165, 1.54) is 0 Å². The standard InChI is InChI=1S/C26H25N5O2/c1-33-23-10-3-2-9-20(23)22-12-11-21(24(25(27)32)18-7-6-14-28-17-18)26(31-22)30-16-13-19-8-4-5-15-29-19/h2-12,14-15,17,24H,13,16H2,1H3,(H2,27,32)(H,30,31). The minimum Gasteiger partial charge on any atom is -0.496 e. The number of amides is 1. The quantitative estimate of drug-likeness (QED) is 0.411. The van der Waals surface area contributed by atoms with Crippen LogP contribution in [-0.4, -0.2) is 34.5 Å². The van der Waals surface area contributed by atoms with Crippen LogP contribution in [0.3, 0.4) is 0 Å². The van der Waals surface area contributed by atoms with Crippen molar-refractivity contribution in [2.75, 3.05) is 19.0 Å². The van der Waals surface area contributed by atoms with Crippen LogP contribution in [-0.2, 0) is 11.2 Å². The Hall–Kier alpha value is -4.26. The van der Waals surface area contributed by atoms with Crippen molar-refractivity contribution < 1.29 is 9.53 Å². The van der Waals surface area contributed by atoms with Gasteiger partial charge in [-0.3, -0.25) is 14.8 Å². The van der Waals surface area contributed by atoms with Crippen LogP contribution in [0, 0.1) is 0 Å². The molecule has 1 atom stereocenters. The van der Waals surface area contributed by atoms with E-state index in [0.717, 1.165) is 22.7 Å². The van der Waals surface area contributed by atoms with Crippen molar-refractivity contribution in [3.05, 3.63) is 102 Å². The first kappa shape index (κ1) is 22.0. The van der Waals surface area contributed by atoms with Crippen LogP contribution < -0.4 is 15.8 Å². The Balaban J connectivity index is 1.73. The number of hydrogen-bond acceptors (Lipinski definition) is 6. The lowest BCUT2D eigenvalue weighted by atomic mass is 9.91. The Morgan fingerprint density at radius 1 is 1.03 bits per heavy atom. The number of para-hydroxylation sites is 1. The smallest absolute Gasteiger partial charge is 0.229 e. The second-order valence-electron chi connectivity index (χ2n) is 7.45. The van der Waals surface area contributed by atoms with Gasteiger partial charge in [0.2, 0.25) is 5.91 Å². The second-order valence-corrected chi connectivity index (χ2v) is 7.45. The number of nitrogens with zero attached hydrogens (tertiary/aromatic N) is 3. The molecule has 7 nitrogen and oxygen atoms in total. The normalized spacial score (nSPS) is 11.5. The molecule has 166 valence electrons. The molecule has 3 heterocycles. The molecule has 33 heavy (non-hydrogen) atoms. The van der Waals surface area contributed by atoms with Crippen molar-refractivity contribution in [2.45, 2.75) is 12.3 Å². The van der Waals surface area contributed by atoms with Gasteiger partial charge < -0.3 is 15.8 Å². The number of benzene rings is 1. The van der Waals surface area contributed by atoms with E-state index in [4.69, 9.17) is 15.5 Å². The van der Waals surface area contributed by atoms with Gasteiger partial charge in [-0.15, -0.1) is 0 Å². The van der Waals surface area contributed by atoms with Gasteiger partial charge in [-0.25, -0.2) is 4.98 Å². The van der Waals surface area contributed by atoms with Gasteiger partial charge in [0.05, 0.1) is 18.7 Å². The minimum atomic E-state index is -0.685. The van der Waals surface area contributed by atoms with E-state index < -0.39 is 11.8 Å². The third kappa shape index (κ3) is 5.15. The number of nitrogens with two attached hydrogens (primary N) is 1. The summed E-state index contributed by atoms with van der Waals surface area (Å²) < 4.78 is 5.51. The topological polar surface area (TPSA) is 103 Å². The van der Waals surface area contributed by atoms with Crippen LogP contribution in [0.1, 0.15) is 22.7 Å². The van der Waals surface area contributed by atoms with Gasteiger partial charge in [0.1, 0.15) is 11.6 Å². The number of ether oxygens (including phenoxy) is 1. The third-order valence-electron chi connectivity index (χ3n) is 5.32. The number of carbonyl (C=O) groups is 1. The van der Waals surface area contributed by atoms with Gasteiger partial charge in [-0.05, 0) is 42.0 Å². The predicted molar refractivity (Wildman–Crippen MR) is 128 cm³/mol. The summed E-state index contributed by atoms with van der Waals surface area (Å²) in [6.07, 6.45) is 5.79. The number of primary amides is 1. The Kier molecular flexibility index (Phi) is 6.90. The van der Waals surface area contributed by atoms with Crippen LogP contribution in [0.2, 0.25) is 0 Å². The summed E-state index contributed by atoms with van der Waals surface area (Å²) in [4.78, 5) is 25.9. The SMILES string of the molecule is COc1ccccc1-c1ccc(C(C(N)=O)c2cccnc2)c(NCCc2ccccn2)n1. The fourth-order valence-corrected chi connectivity index (χ4v) is 3.75. The highest BCUT2D eigenvalue weighted by Gasteiger charge is 2.25. The van der Waals surface area contributed by atoms with Gasteiger partial charge in [0.15, 0.2) is 0 Å². The second kappa shape index (κ2) is 10.4. The van der Waals surface area contributed by atoms with E-state index in [2.05, 4.69) is 15.3 Å². The van der Waals surface area contributed by atoms with Gasteiger partial charge in [-0.2, -0.15) is 0 Å². The monoisotopic (exact) mass is 439 g/mol. The first-order chi connectivity index (χ1) is 16.2. The molecule has 0 saturated heterocycles. The zero-order valence-electron chi connectivity index (χ0n) is 18.3. The summed E-state index contributed by atoms with van der Waals surface area (Å²) >= 11 is 0. The molecule has 0 aliphatic rings. The third-order valence-corrected chi connectivity index (χ3v) is 5.32. The molecule has 7 heteroatoms. The lowest BCUT2D eigenvalue weighted by Crippen LogP contribution is -2.24. The van der Waals surface area contributed by atoms with E-state index in [1.54, 1.807) is 31.8 Å². The van der Waals surface area contributed by atoms with E-state index in [-0.39, 0.29) is 0 Å². The van der Waals surface area contributed by atoms with Crippen molar-refractivity contribution in [3.63, 3.8) is 0 Å². The Morgan fingerprint density at radius 3 is 2.61 bits per heavy atom. The summed E-state index contributed by atoms with van der Waals surface area (Å²) in [7, 11) is 1.63. The van der Waals surface area contributed by atoms with Crippen LogP contribution in [0.5, 0.6) is 5.75 Å². The molecule has 0 bridgehead atoms. The van der Waals surface area contributed by atoms with Gasteiger partial charge in [0.25, 0.3) is 0 Å². The molecular formula is C26H25N5O2. The maximum Gasteiger partial charge on any atom is 0.229 e. The molecule has 0 spiro atoms. The Bertz CT molecular complexity index is 1220. The molecule has 0 saturated carbocycles. The maximum atomic E-state index is 12.5. The minimum absolute atomic E-state index is 0.470. The summed E-state index contributed by atoms with van der Waals surface area (Å²) in [6.45, 7) is 0.588. The largest absolute Gasteiger partial charge is 0.496 e. The first-order valence-corrected chi connectivity index (χ1v) is 10.6. The summed E-state index contributed by atoms with van der Waals surface area (Å²) in [5.41, 5.74) is 9.78. The number of anilines is 1. The fourth-order valence-electron chi connectivity index (χ4n) is 3.75. The number of methoxy groups -OCH3 is 1. The van der Waals surface area contributed by atoms with E-state index in [0.29, 0.717) is 29.9 Å². The van der Waals surface area contributed by atoms with Crippen molar-refractivity contribution in [3.8, 4) is 17.0 Å². The van der Waals surface area contributed by atoms with Crippen LogP contribution in [0.25, 0.3) is 11.3 Å². The van der Waals surface area contributed by atoms with Gasteiger partial charge >= 0.3 is 0 Å². The predicted octanol–water partition coefficient (Wildman–Crippen LogP) is 3.82. The molecule has 1 aromatic carbocycles. The molecule has 0 fully saturated rings. The Labute approximate surface area is 192 Å². The lowest BCUT2D eigenvalue weighted by Gasteiger charge is -2.19. The molecular weight excluding hydrogens is 414 g/mol. The maximum absolute atomic E-state index is 12.5. The average molecular weight is 440 g/mol. The summed E-state index contributed by atoms with van der Waals surface area (Å²) in [6, 6.07) is 20.9. The molecule has 1 unspecified atom stereocenters. The summed E-state index contributed by atoms with van der Waals surface area (Å²) in [5, 5.41) is 3.39. The zero-order chi connectivity index (χ0) is 23.0. The zero-order valence-corrected chi connectivity index (χ0v) is 18.3. The number of aromatic nitrogens is 3. The molecule has 4 rings (SSSR count). The molecule has 3 N–H and O–H groups in total. The molecule has 0 aliphatic carbocycles. The van der Waals surface area contributed by atoms with Crippen molar-refractivity contribution in [1.82, 2.24) is 15.0 Å². The highest BCUT2D eigenvalue weighted by atomic mass is 16.5. The van der Waals surface area contributed by atoms with Crippen molar-refractivity contribution >= 4 is 11.7 Å². The van der Waals surface area contributed by atoms with Gasteiger partial charge in [-0.1, -0.05) is 30.3 Å². The molecule has 1 amide bonds.